The minimum Gasteiger partial charge on any atom is -0.382 e. The van der Waals surface area contributed by atoms with E-state index in [2.05, 4.69) is 23.3 Å². The van der Waals surface area contributed by atoms with E-state index < -0.39 is 0 Å². The lowest BCUT2D eigenvalue weighted by atomic mass is 10.1. The summed E-state index contributed by atoms with van der Waals surface area (Å²) < 4.78 is 0. The van der Waals surface area contributed by atoms with Crippen molar-refractivity contribution in [1.29, 1.82) is 5.26 Å². The number of anilines is 1. The summed E-state index contributed by atoms with van der Waals surface area (Å²) in [6, 6.07) is 10.4. The molecule has 0 saturated carbocycles. The maximum Gasteiger partial charge on any atom is 0.0991 e. The van der Waals surface area contributed by atoms with Crippen LogP contribution >= 0.6 is 0 Å². The first-order chi connectivity index (χ1) is 7.78. The number of piperidine rings is 1. The first-order valence-corrected chi connectivity index (χ1v) is 5.73. The third kappa shape index (κ3) is 2.74. The van der Waals surface area contributed by atoms with Gasteiger partial charge < -0.3 is 10.2 Å². The molecule has 16 heavy (non-hydrogen) atoms. The molecule has 84 valence electrons. The van der Waals surface area contributed by atoms with Gasteiger partial charge in [0.05, 0.1) is 11.6 Å². The molecule has 0 atom stereocenters. The van der Waals surface area contributed by atoms with Crippen LogP contribution in [0.15, 0.2) is 24.3 Å². The molecule has 3 heteroatoms. The summed E-state index contributed by atoms with van der Waals surface area (Å²) in [5, 5.41) is 12.2. The molecular formula is C13H17N3. The summed E-state index contributed by atoms with van der Waals surface area (Å²) in [7, 11) is 2.16. The standard InChI is InChI=1S/C13H17N3/c1-16-8-6-13(7-9-16)15-12-4-2-11(10-14)3-5-12/h2-5,13,15H,6-9H2,1H3. The number of rotatable bonds is 2. The Morgan fingerprint density at radius 3 is 2.44 bits per heavy atom. The lowest BCUT2D eigenvalue weighted by Gasteiger charge is -2.30. The smallest absolute Gasteiger partial charge is 0.0991 e. The van der Waals surface area contributed by atoms with Crippen LogP contribution in [0, 0.1) is 11.3 Å². The summed E-state index contributed by atoms with van der Waals surface area (Å²) >= 11 is 0. The van der Waals surface area contributed by atoms with Crippen LogP contribution in [0.4, 0.5) is 5.69 Å². The van der Waals surface area contributed by atoms with Gasteiger partial charge in [-0.3, -0.25) is 0 Å². The number of likely N-dealkylation sites (tertiary alicyclic amines) is 1. The van der Waals surface area contributed by atoms with Gasteiger partial charge in [0.15, 0.2) is 0 Å². The Hall–Kier alpha value is -1.53. The molecule has 1 heterocycles. The van der Waals surface area contributed by atoms with Crippen molar-refractivity contribution in [1.82, 2.24) is 4.90 Å². The predicted octanol–water partition coefficient (Wildman–Crippen LogP) is 2.06. The molecule has 0 unspecified atom stereocenters. The van der Waals surface area contributed by atoms with Crippen molar-refractivity contribution in [2.24, 2.45) is 0 Å². The average Bonchev–Trinajstić information content (AvgIpc) is 2.33. The van der Waals surface area contributed by atoms with E-state index in [9.17, 15) is 0 Å². The van der Waals surface area contributed by atoms with E-state index in [1.807, 2.05) is 24.3 Å². The minimum absolute atomic E-state index is 0.573. The molecule has 3 nitrogen and oxygen atoms in total. The van der Waals surface area contributed by atoms with Crippen LogP contribution in [0.3, 0.4) is 0 Å². The molecule has 0 amide bonds. The van der Waals surface area contributed by atoms with Crippen molar-refractivity contribution in [3.05, 3.63) is 29.8 Å². The van der Waals surface area contributed by atoms with Crippen LogP contribution in [0.25, 0.3) is 0 Å². The Labute approximate surface area is 96.7 Å². The molecular weight excluding hydrogens is 198 g/mol. The number of hydrogen-bond donors (Lipinski definition) is 1. The topological polar surface area (TPSA) is 39.1 Å². The number of hydrogen-bond acceptors (Lipinski definition) is 3. The third-order valence-electron chi connectivity index (χ3n) is 3.10. The quantitative estimate of drug-likeness (QED) is 0.820. The highest BCUT2D eigenvalue weighted by Crippen LogP contribution is 2.16. The lowest BCUT2D eigenvalue weighted by Crippen LogP contribution is -2.36. The van der Waals surface area contributed by atoms with Crippen molar-refractivity contribution in [2.45, 2.75) is 18.9 Å². The summed E-state index contributed by atoms with van der Waals surface area (Å²) in [6.07, 6.45) is 2.38. The van der Waals surface area contributed by atoms with Gasteiger partial charge in [0.25, 0.3) is 0 Å². The van der Waals surface area contributed by atoms with Gasteiger partial charge in [0.2, 0.25) is 0 Å². The van der Waals surface area contributed by atoms with Gasteiger partial charge in [-0.25, -0.2) is 0 Å². The molecule has 1 aliphatic heterocycles. The van der Waals surface area contributed by atoms with Crippen LogP contribution in [0.2, 0.25) is 0 Å². The molecule has 1 N–H and O–H groups in total. The van der Waals surface area contributed by atoms with Gasteiger partial charge in [-0.05, 0) is 57.2 Å². The molecule has 1 saturated heterocycles. The maximum atomic E-state index is 8.70. The van der Waals surface area contributed by atoms with Crippen molar-refractivity contribution >= 4 is 5.69 Å². The fraction of sp³-hybridized carbons (Fsp3) is 0.462. The zero-order valence-corrected chi connectivity index (χ0v) is 9.61. The largest absolute Gasteiger partial charge is 0.382 e. The molecule has 0 radical (unpaired) electrons. The number of nitrogens with zero attached hydrogens (tertiary/aromatic N) is 2. The first-order valence-electron chi connectivity index (χ1n) is 5.73. The van der Waals surface area contributed by atoms with Gasteiger partial charge in [0.1, 0.15) is 0 Å². The SMILES string of the molecule is CN1CCC(Nc2ccc(C#N)cc2)CC1. The van der Waals surface area contributed by atoms with E-state index in [1.54, 1.807) is 0 Å². The lowest BCUT2D eigenvalue weighted by molar-refractivity contribution is 0.264. The Kier molecular flexibility index (Phi) is 3.43. The predicted molar refractivity (Wildman–Crippen MR) is 65.3 cm³/mol. The second-order valence-electron chi connectivity index (χ2n) is 4.41. The maximum absolute atomic E-state index is 8.70. The van der Waals surface area contributed by atoms with E-state index in [-0.39, 0.29) is 0 Å². The number of benzene rings is 1. The second kappa shape index (κ2) is 5.00. The average molecular weight is 215 g/mol. The Morgan fingerprint density at radius 1 is 1.25 bits per heavy atom. The molecule has 1 fully saturated rings. The molecule has 1 aromatic carbocycles. The Balaban J connectivity index is 1.91. The Bertz CT molecular complexity index is 369. The summed E-state index contributed by atoms with van der Waals surface area (Å²) in [5.41, 5.74) is 1.84. The van der Waals surface area contributed by atoms with E-state index >= 15 is 0 Å². The molecule has 2 rings (SSSR count). The molecule has 0 spiro atoms. The number of nitriles is 1. The zero-order valence-electron chi connectivity index (χ0n) is 9.61. The molecule has 1 aromatic rings. The van der Waals surface area contributed by atoms with Crippen molar-refractivity contribution in [3.8, 4) is 6.07 Å². The van der Waals surface area contributed by atoms with Crippen LogP contribution < -0.4 is 5.32 Å². The second-order valence-corrected chi connectivity index (χ2v) is 4.41. The monoisotopic (exact) mass is 215 g/mol. The third-order valence-corrected chi connectivity index (χ3v) is 3.10. The normalized spacial score (nSPS) is 18.0. The highest BCUT2D eigenvalue weighted by molar-refractivity contribution is 5.47. The van der Waals surface area contributed by atoms with Gasteiger partial charge in [-0.1, -0.05) is 0 Å². The van der Waals surface area contributed by atoms with Crippen molar-refractivity contribution in [3.63, 3.8) is 0 Å². The summed E-state index contributed by atoms with van der Waals surface area (Å²) in [4.78, 5) is 2.36. The highest BCUT2D eigenvalue weighted by Gasteiger charge is 2.15. The van der Waals surface area contributed by atoms with Crippen LogP contribution in [-0.4, -0.2) is 31.1 Å². The van der Waals surface area contributed by atoms with Crippen molar-refractivity contribution in [2.75, 3.05) is 25.5 Å². The van der Waals surface area contributed by atoms with Crippen LogP contribution in [0.1, 0.15) is 18.4 Å². The van der Waals surface area contributed by atoms with E-state index in [0.717, 1.165) is 18.8 Å². The van der Waals surface area contributed by atoms with E-state index in [1.165, 1.54) is 12.8 Å². The van der Waals surface area contributed by atoms with Gasteiger partial charge >= 0.3 is 0 Å². The van der Waals surface area contributed by atoms with Crippen LogP contribution in [-0.2, 0) is 0 Å². The Morgan fingerprint density at radius 2 is 1.88 bits per heavy atom. The molecule has 1 aliphatic rings. The number of nitrogens with one attached hydrogen (secondary N) is 1. The van der Waals surface area contributed by atoms with Gasteiger partial charge in [-0.15, -0.1) is 0 Å². The molecule has 0 bridgehead atoms. The van der Waals surface area contributed by atoms with Crippen LogP contribution in [0.5, 0.6) is 0 Å². The zero-order chi connectivity index (χ0) is 11.4. The minimum atomic E-state index is 0.573. The van der Waals surface area contributed by atoms with Gasteiger partial charge in [-0.2, -0.15) is 5.26 Å². The highest BCUT2D eigenvalue weighted by atomic mass is 15.1. The molecule has 0 aliphatic carbocycles. The van der Waals surface area contributed by atoms with Gasteiger partial charge in [0, 0.05) is 11.7 Å². The fourth-order valence-corrected chi connectivity index (χ4v) is 2.03. The first kappa shape index (κ1) is 11.0. The van der Waals surface area contributed by atoms with E-state index in [0.29, 0.717) is 11.6 Å². The summed E-state index contributed by atoms with van der Waals surface area (Å²) in [6.45, 7) is 2.32. The summed E-state index contributed by atoms with van der Waals surface area (Å²) in [5.74, 6) is 0. The fourth-order valence-electron chi connectivity index (χ4n) is 2.03. The van der Waals surface area contributed by atoms with E-state index in [4.69, 9.17) is 5.26 Å². The van der Waals surface area contributed by atoms with Crippen molar-refractivity contribution < 1.29 is 0 Å². The molecule has 0 aromatic heterocycles.